The standard InChI is InChI=1S/C91H59BN8/c1-8-26-60(27-9-1)67-48-52-80-73(56-67)74-57-68(61-28-10-2-11-29-61)49-53-81(74)100(80)82-54-50-69(90-93-78(63-30-12-3-13-31-63)59-79(94-90)64-32-14-4-15-33-64)58-75(82)91-96-88(65-34-16-5-17-35-65)95-89(97-91)66-46-44-62(45-47-66)72-51-55-85-86-87(72)99(71-38-20-7-21-39-71)84-43-25-23-41-77(84)92(86)76-40-22-24-42-83(76)98(85)70-36-18-6-19-37-70/h1-59H. The minimum absolute atomic E-state index is 0.0358. The predicted molar refractivity (Wildman–Crippen MR) is 413 cm³/mol. The van der Waals surface area contributed by atoms with Gasteiger partial charge in [-0.1, -0.05) is 267 Å². The molecule has 2 aliphatic heterocycles. The summed E-state index contributed by atoms with van der Waals surface area (Å²) in [7, 11) is 0. The zero-order chi connectivity index (χ0) is 66.0. The van der Waals surface area contributed by atoms with E-state index < -0.39 is 0 Å². The number of rotatable bonds is 12. The van der Waals surface area contributed by atoms with Crippen LogP contribution in [0.1, 0.15) is 0 Å². The molecule has 17 aromatic rings. The molecule has 2 aliphatic rings. The SMILES string of the molecule is c1ccc(-c2ccc3c(c2)c2cc(-c4ccccc4)ccc2n3-c2ccc(-c3nc(-c4ccccc4)cc(-c4ccccc4)n3)cc2-c2nc(-c3ccccc3)nc(-c3ccc(-c4ccc5c6c4N(c4ccccc4)c4ccccc4B6c4ccccc4N5c4ccccc4)cc3)n2)cc1. The second-order valence-electron chi connectivity index (χ2n) is 25.5. The molecule has 14 aromatic carbocycles. The first-order valence-corrected chi connectivity index (χ1v) is 33.9. The van der Waals surface area contributed by atoms with E-state index in [1.54, 1.807) is 0 Å². The lowest BCUT2D eigenvalue weighted by Gasteiger charge is -2.45. The van der Waals surface area contributed by atoms with Gasteiger partial charge < -0.3 is 14.4 Å². The van der Waals surface area contributed by atoms with E-state index in [2.05, 4.69) is 342 Å². The second-order valence-corrected chi connectivity index (χ2v) is 25.5. The quantitative estimate of drug-likeness (QED) is 0.113. The smallest absolute Gasteiger partial charge is 0.252 e. The van der Waals surface area contributed by atoms with Gasteiger partial charge in [0, 0.05) is 78.2 Å². The third-order valence-corrected chi connectivity index (χ3v) is 19.7. The number of nitrogens with zero attached hydrogens (tertiary/aromatic N) is 8. The molecular weight excluding hydrogens is 1220 g/mol. The van der Waals surface area contributed by atoms with Crippen LogP contribution in [-0.2, 0) is 0 Å². The van der Waals surface area contributed by atoms with Crippen molar-refractivity contribution in [2.75, 3.05) is 9.80 Å². The van der Waals surface area contributed by atoms with Gasteiger partial charge in [-0.2, -0.15) is 0 Å². The van der Waals surface area contributed by atoms with Gasteiger partial charge in [0.1, 0.15) is 0 Å². The van der Waals surface area contributed by atoms with Crippen molar-refractivity contribution >= 4 is 79.0 Å². The number of hydrogen-bond acceptors (Lipinski definition) is 7. The molecule has 466 valence electrons. The number of hydrogen-bond donors (Lipinski definition) is 0. The van der Waals surface area contributed by atoms with Crippen molar-refractivity contribution in [2.24, 2.45) is 0 Å². The summed E-state index contributed by atoms with van der Waals surface area (Å²) in [5, 5.41) is 2.24. The summed E-state index contributed by atoms with van der Waals surface area (Å²) in [6, 6.07) is 127. The average molecular weight is 1280 g/mol. The van der Waals surface area contributed by atoms with E-state index in [1.807, 2.05) is 30.3 Å². The monoisotopic (exact) mass is 1270 g/mol. The highest BCUT2D eigenvalue weighted by atomic mass is 15.2. The van der Waals surface area contributed by atoms with Crippen molar-refractivity contribution in [1.82, 2.24) is 29.5 Å². The first-order chi connectivity index (χ1) is 49.6. The van der Waals surface area contributed by atoms with Crippen molar-refractivity contribution in [3.63, 3.8) is 0 Å². The van der Waals surface area contributed by atoms with Crippen molar-refractivity contribution in [3.8, 4) is 107 Å². The molecule has 3 aromatic heterocycles. The van der Waals surface area contributed by atoms with E-state index in [0.29, 0.717) is 23.3 Å². The van der Waals surface area contributed by atoms with Crippen LogP contribution in [0.25, 0.3) is 129 Å². The second kappa shape index (κ2) is 24.4. The Morgan fingerprint density at radius 2 is 0.620 bits per heavy atom. The summed E-state index contributed by atoms with van der Waals surface area (Å²) < 4.78 is 2.38. The van der Waals surface area contributed by atoms with Crippen LogP contribution >= 0.6 is 0 Å². The van der Waals surface area contributed by atoms with Gasteiger partial charge in [0.25, 0.3) is 6.71 Å². The summed E-state index contributed by atoms with van der Waals surface area (Å²) in [6.45, 7) is -0.0358. The van der Waals surface area contributed by atoms with Crippen LogP contribution in [-0.4, -0.2) is 36.2 Å². The van der Waals surface area contributed by atoms with Crippen molar-refractivity contribution in [1.29, 1.82) is 0 Å². The molecule has 0 radical (unpaired) electrons. The fourth-order valence-corrected chi connectivity index (χ4v) is 15.0. The van der Waals surface area contributed by atoms with Crippen LogP contribution in [0.4, 0.5) is 34.1 Å². The number of para-hydroxylation sites is 4. The molecule has 8 nitrogen and oxygen atoms in total. The zero-order valence-electron chi connectivity index (χ0n) is 54.2. The summed E-state index contributed by atoms with van der Waals surface area (Å²) >= 11 is 0. The van der Waals surface area contributed by atoms with Gasteiger partial charge in [-0.25, -0.2) is 24.9 Å². The van der Waals surface area contributed by atoms with Gasteiger partial charge in [-0.15, -0.1) is 0 Å². The number of aromatic nitrogens is 6. The van der Waals surface area contributed by atoms with E-state index in [9.17, 15) is 0 Å². The molecule has 0 atom stereocenters. The van der Waals surface area contributed by atoms with Crippen LogP contribution in [0.3, 0.4) is 0 Å². The van der Waals surface area contributed by atoms with Gasteiger partial charge in [-0.3, -0.25) is 0 Å². The maximum atomic E-state index is 5.66. The average Bonchev–Trinajstić information content (AvgIpc) is 1.17. The lowest BCUT2D eigenvalue weighted by atomic mass is 9.33. The third kappa shape index (κ3) is 10.1. The third-order valence-electron chi connectivity index (χ3n) is 19.7. The zero-order valence-corrected chi connectivity index (χ0v) is 54.2. The van der Waals surface area contributed by atoms with E-state index >= 15 is 0 Å². The Balaban J connectivity index is 0.826. The highest BCUT2D eigenvalue weighted by Crippen LogP contribution is 2.49. The number of anilines is 6. The van der Waals surface area contributed by atoms with E-state index in [0.717, 1.165) is 134 Å². The van der Waals surface area contributed by atoms with Crippen LogP contribution in [0.5, 0.6) is 0 Å². The van der Waals surface area contributed by atoms with Crippen molar-refractivity contribution in [3.05, 3.63) is 358 Å². The Morgan fingerprint density at radius 3 is 1.15 bits per heavy atom. The Morgan fingerprint density at radius 1 is 0.230 bits per heavy atom. The minimum atomic E-state index is -0.0358. The molecule has 9 heteroatoms. The van der Waals surface area contributed by atoms with Crippen LogP contribution in [0, 0.1) is 0 Å². The van der Waals surface area contributed by atoms with E-state index in [1.165, 1.54) is 22.1 Å². The fourth-order valence-electron chi connectivity index (χ4n) is 15.0. The Bertz CT molecular complexity index is 5790. The van der Waals surface area contributed by atoms with Crippen LogP contribution in [0.2, 0.25) is 0 Å². The molecule has 0 fully saturated rings. The lowest BCUT2D eigenvalue weighted by molar-refractivity contribution is 1.06. The molecule has 0 aliphatic carbocycles. The highest BCUT2D eigenvalue weighted by Gasteiger charge is 2.44. The summed E-state index contributed by atoms with van der Waals surface area (Å²) in [5.41, 5.74) is 27.2. The molecule has 0 saturated carbocycles. The van der Waals surface area contributed by atoms with Gasteiger partial charge in [0.05, 0.1) is 33.8 Å². The minimum Gasteiger partial charge on any atom is -0.311 e. The number of fused-ring (bicyclic) bond motifs is 7. The Hall–Kier alpha value is -13.4. The molecule has 0 amide bonds. The topological polar surface area (TPSA) is 75.9 Å². The molecular formula is C91H59BN8. The molecule has 5 heterocycles. The van der Waals surface area contributed by atoms with Crippen molar-refractivity contribution in [2.45, 2.75) is 0 Å². The Labute approximate surface area is 579 Å². The normalized spacial score (nSPS) is 12.1. The van der Waals surface area contributed by atoms with Gasteiger partial charge in [0.15, 0.2) is 23.3 Å². The van der Waals surface area contributed by atoms with Gasteiger partial charge in [-0.05, 0) is 135 Å². The molecule has 19 rings (SSSR count). The van der Waals surface area contributed by atoms with Crippen LogP contribution in [0.15, 0.2) is 358 Å². The van der Waals surface area contributed by atoms with Crippen LogP contribution < -0.4 is 26.2 Å². The van der Waals surface area contributed by atoms with Gasteiger partial charge in [0.2, 0.25) is 0 Å². The molecule has 0 N–H and O–H groups in total. The maximum absolute atomic E-state index is 5.66. The lowest BCUT2D eigenvalue weighted by Crippen LogP contribution is -2.61. The molecule has 0 saturated heterocycles. The highest BCUT2D eigenvalue weighted by molar-refractivity contribution is 7.00. The largest absolute Gasteiger partial charge is 0.311 e. The van der Waals surface area contributed by atoms with Gasteiger partial charge >= 0.3 is 0 Å². The van der Waals surface area contributed by atoms with Crippen molar-refractivity contribution < 1.29 is 0 Å². The molecule has 0 unspecified atom stereocenters. The van der Waals surface area contributed by atoms with E-state index in [4.69, 9.17) is 24.9 Å². The summed E-state index contributed by atoms with van der Waals surface area (Å²) in [4.78, 5) is 32.4. The summed E-state index contributed by atoms with van der Waals surface area (Å²) in [5.74, 6) is 2.14. The molecule has 0 spiro atoms. The Kier molecular flexibility index (Phi) is 14.1. The first-order valence-electron chi connectivity index (χ1n) is 33.9. The van der Waals surface area contributed by atoms with E-state index in [-0.39, 0.29) is 6.71 Å². The summed E-state index contributed by atoms with van der Waals surface area (Å²) in [6.07, 6.45) is 0. The first kappa shape index (κ1) is 58.0. The molecule has 0 bridgehead atoms. The predicted octanol–water partition coefficient (Wildman–Crippen LogP) is 20.8. The maximum Gasteiger partial charge on any atom is 0.252 e. The fraction of sp³-hybridized carbons (Fsp3) is 0. The number of benzene rings is 14. The molecule has 100 heavy (non-hydrogen) atoms.